The second-order valence-electron chi connectivity index (χ2n) is 8.14. The van der Waals surface area contributed by atoms with Crippen LogP contribution < -0.4 is 14.2 Å². The second-order valence-corrected chi connectivity index (χ2v) is 8.14. The van der Waals surface area contributed by atoms with Crippen LogP contribution in [0.25, 0.3) is 0 Å². The highest BCUT2D eigenvalue weighted by Crippen LogP contribution is 2.38. The van der Waals surface area contributed by atoms with Gasteiger partial charge in [-0.15, -0.1) is 0 Å². The van der Waals surface area contributed by atoms with E-state index in [-0.39, 0.29) is 18.8 Å². The number of aliphatic hydroxyl groups excluding tert-OH is 1. The van der Waals surface area contributed by atoms with Gasteiger partial charge in [-0.05, 0) is 61.1 Å². The molecule has 0 amide bonds. The molecule has 1 N–H and O–H groups in total. The first-order chi connectivity index (χ1) is 15.2. The molecule has 6 heteroatoms. The smallest absolute Gasteiger partial charge is 0.161 e. The summed E-state index contributed by atoms with van der Waals surface area (Å²) in [6.45, 7) is 4.73. The average molecular weight is 428 g/mol. The Bertz CT molecular complexity index is 900. The van der Waals surface area contributed by atoms with Crippen molar-refractivity contribution in [3.63, 3.8) is 0 Å². The van der Waals surface area contributed by atoms with Crippen LogP contribution in [0.3, 0.4) is 0 Å². The first-order valence-electron chi connectivity index (χ1n) is 11.1. The lowest BCUT2D eigenvalue weighted by molar-refractivity contribution is -0.0962. The molecule has 6 nitrogen and oxygen atoms in total. The molecule has 2 aliphatic rings. The Balaban J connectivity index is 1.68. The average Bonchev–Trinajstić information content (AvgIpc) is 3.26. The van der Waals surface area contributed by atoms with Gasteiger partial charge >= 0.3 is 0 Å². The van der Waals surface area contributed by atoms with E-state index in [4.69, 9.17) is 18.9 Å². The lowest BCUT2D eigenvalue weighted by Crippen LogP contribution is -2.46. The van der Waals surface area contributed by atoms with Gasteiger partial charge in [0.05, 0.1) is 40.1 Å². The van der Waals surface area contributed by atoms with Gasteiger partial charge in [0, 0.05) is 18.7 Å². The Hall–Kier alpha value is -2.28. The van der Waals surface area contributed by atoms with Gasteiger partial charge in [0.15, 0.2) is 11.5 Å². The van der Waals surface area contributed by atoms with Crippen LogP contribution in [0, 0.1) is 0 Å². The standard InChI is InChI=1S/C25H33NO5/c1-4-30-22-13-18-7-5-6-17(18)12-20(22)15-26-10-11-31-24(16-27)25(26)19-8-9-21(28-2)23(14-19)29-3/h8-9,12-14,24-25,27H,4-7,10-11,15-16H2,1-3H3/t24-,25-/m1/s1. The summed E-state index contributed by atoms with van der Waals surface area (Å²) in [7, 11) is 3.27. The van der Waals surface area contributed by atoms with Crippen LogP contribution in [0.2, 0.25) is 0 Å². The lowest BCUT2D eigenvalue weighted by Gasteiger charge is -2.41. The minimum absolute atomic E-state index is 0.0436. The van der Waals surface area contributed by atoms with Gasteiger partial charge in [-0.3, -0.25) is 4.90 Å². The van der Waals surface area contributed by atoms with E-state index in [9.17, 15) is 5.11 Å². The fourth-order valence-corrected chi connectivity index (χ4v) is 4.86. The minimum Gasteiger partial charge on any atom is -0.494 e. The normalized spacial score (nSPS) is 21.0. The number of nitrogens with zero attached hydrogens (tertiary/aromatic N) is 1. The summed E-state index contributed by atoms with van der Waals surface area (Å²) in [6, 6.07) is 10.4. The van der Waals surface area contributed by atoms with E-state index in [2.05, 4.69) is 17.0 Å². The van der Waals surface area contributed by atoms with Crippen molar-refractivity contribution in [2.24, 2.45) is 0 Å². The van der Waals surface area contributed by atoms with Crippen molar-refractivity contribution in [1.29, 1.82) is 0 Å². The summed E-state index contributed by atoms with van der Waals surface area (Å²) in [5, 5.41) is 10.1. The number of hydrogen-bond acceptors (Lipinski definition) is 6. The predicted molar refractivity (Wildman–Crippen MR) is 119 cm³/mol. The van der Waals surface area contributed by atoms with Crippen LogP contribution in [0.1, 0.15) is 41.6 Å². The van der Waals surface area contributed by atoms with Gasteiger partial charge in [0.2, 0.25) is 0 Å². The van der Waals surface area contributed by atoms with Gasteiger partial charge in [-0.2, -0.15) is 0 Å². The fraction of sp³-hybridized carbons (Fsp3) is 0.520. The first kappa shape index (κ1) is 21.9. The quantitative estimate of drug-likeness (QED) is 0.696. The van der Waals surface area contributed by atoms with E-state index in [1.807, 2.05) is 25.1 Å². The molecule has 31 heavy (non-hydrogen) atoms. The van der Waals surface area contributed by atoms with Crippen LogP contribution >= 0.6 is 0 Å². The third-order valence-electron chi connectivity index (χ3n) is 6.33. The van der Waals surface area contributed by atoms with Crippen molar-refractivity contribution >= 4 is 0 Å². The zero-order chi connectivity index (χ0) is 21.8. The Kier molecular flexibility index (Phi) is 7.00. The third-order valence-corrected chi connectivity index (χ3v) is 6.33. The highest BCUT2D eigenvalue weighted by molar-refractivity contribution is 5.46. The molecule has 0 spiro atoms. The molecule has 0 radical (unpaired) electrons. The molecule has 1 fully saturated rings. The monoisotopic (exact) mass is 427 g/mol. The number of hydrogen-bond donors (Lipinski definition) is 1. The number of fused-ring (bicyclic) bond motifs is 1. The molecule has 0 bridgehead atoms. The molecule has 1 heterocycles. The topological polar surface area (TPSA) is 60.4 Å². The first-order valence-corrected chi connectivity index (χ1v) is 11.1. The van der Waals surface area contributed by atoms with Crippen molar-refractivity contribution in [2.45, 2.75) is 44.9 Å². The molecule has 0 aromatic heterocycles. The highest BCUT2D eigenvalue weighted by Gasteiger charge is 2.34. The molecule has 0 saturated carbocycles. The van der Waals surface area contributed by atoms with E-state index in [1.54, 1.807) is 14.2 Å². The van der Waals surface area contributed by atoms with Gasteiger partial charge in [0.1, 0.15) is 11.9 Å². The lowest BCUT2D eigenvalue weighted by atomic mass is 9.96. The Morgan fingerprint density at radius 3 is 2.52 bits per heavy atom. The maximum absolute atomic E-state index is 10.1. The molecule has 2 aromatic rings. The van der Waals surface area contributed by atoms with Crippen LogP contribution in [-0.4, -0.2) is 56.7 Å². The number of rotatable bonds is 8. The van der Waals surface area contributed by atoms with Gasteiger partial charge < -0.3 is 24.1 Å². The maximum atomic E-state index is 10.1. The predicted octanol–water partition coefficient (Wildman–Crippen LogP) is 3.53. The summed E-state index contributed by atoms with van der Waals surface area (Å²) in [5.41, 5.74) is 5.09. The summed E-state index contributed by atoms with van der Waals surface area (Å²) in [4.78, 5) is 2.38. The number of aliphatic hydroxyl groups is 1. The molecule has 1 aliphatic carbocycles. The Morgan fingerprint density at radius 1 is 1.03 bits per heavy atom. The molecule has 168 valence electrons. The van der Waals surface area contributed by atoms with Gasteiger partial charge in [0.25, 0.3) is 0 Å². The molecular formula is C25H33NO5. The Labute approximate surface area is 184 Å². The molecule has 1 saturated heterocycles. The fourth-order valence-electron chi connectivity index (χ4n) is 4.86. The van der Waals surface area contributed by atoms with Crippen LogP contribution in [-0.2, 0) is 24.1 Å². The minimum atomic E-state index is -0.308. The molecule has 2 atom stereocenters. The van der Waals surface area contributed by atoms with Crippen molar-refractivity contribution in [1.82, 2.24) is 4.90 Å². The number of benzene rings is 2. The van der Waals surface area contributed by atoms with Crippen molar-refractivity contribution in [3.8, 4) is 17.2 Å². The third kappa shape index (κ3) is 4.52. The number of aryl methyl sites for hydroxylation is 2. The van der Waals surface area contributed by atoms with E-state index < -0.39 is 0 Å². The number of ether oxygens (including phenoxy) is 4. The summed E-state index contributed by atoms with van der Waals surface area (Å²) in [5.74, 6) is 2.34. The van der Waals surface area contributed by atoms with Gasteiger partial charge in [-0.1, -0.05) is 12.1 Å². The van der Waals surface area contributed by atoms with E-state index in [0.717, 1.165) is 37.2 Å². The highest BCUT2D eigenvalue weighted by atomic mass is 16.5. The van der Waals surface area contributed by atoms with Crippen molar-refractivity contribution in [3.05, 3.63) is 52.6 Å². The number of methoxy groups -OCH3 is 2. The Morgan fingerprint density at radius 2 is 1.81 bits per heavy atom. The van der Waals surface area contributed by atoms with Crippen LogP contribution in [0.5, 0.6) is 17.2 Å². The molecule has 0 unspecified atom stereocenters. The molecule has 2 aromatic carbocycles. The van der Waals surface area contributed by atoms with Crippen molar-refractivity contribution in [2.75, 3.05) is 40.6 Å². The summed E-state index contributed by atoms with van der Waals surface area (Å²) in [6.07, 6.45) is 3.17. The van der Waals surface area contributed by atoms with Crippen LogP contribution in [0.4, 0.5) is 0 Å². The van der Waals surface area contributed by atoms with E-state index in [0.29, 0.717) is 24.7 Å². The maximum Gasteiger partial charge on any atom is 0.161 e. The summed E-state index contributed by atoms with van der Waals surface area (Å²) >= 11 is 0. The van der Waals surface area contributed by atoms with Crippen molar-refractivity contribution < 1.29 is 24.1 Å². The zero-order valence-electron chi connectivity index (χ0n) is 18.7. The second kappa shape index (κ2) is 9.90. The molecular weight excluding hydrogens is 394 g/mol. The largest absolute Gasteiger partial charge is 0.494 e. The van der Waals surface area contributed by atoms with E-state index in [1.165, 1.54) is 23.1 Å². The van der Waals surface area contributed by atoms with E-state index >= 15 is 0 Å². The van der Waals surface area contributed by atoms with Gasteiger partial charge in [-0.25, -0.2) is 0 Å². The SMILES string of the molecule is CCOc1cc2c(cc1CN1CCO[C@H](CO)[C@H]1c1ccc(OC)c(OC)c1)CCC2. The molecule has 1 aliphatic heterocycles. The molecule has 4 rings (SSSR count). The van der Waals surface area contributed by atoms with Crippen LogP contribution in [0.15, 0.2) is 30.3 Å². The summed E-state index contributed by atoms with van der Waals surface area (Å²) < 4.78 is 22.9. The number of morpholine rings is 1. The zero-order valence-corrected chi connectivity index (χ0v) is 18.7.